The smallest absolute Gasteiger partial charge is 0.503 e. The third kappa shape index (κ3) is 8.00. The van der Waals surface area contributed by atoms with Crippen LogP contribution in [0.25, 0.3) is 101 Å². The number of benzene rings is 8. The van der Waals surface area contributed by atoms with Crippen LogP contribution >= 0.6 is 0 Å². The molecule has 74 heavy (non-hydrogen) atoms. The summed E-state index contributed by atoms with van der Waals surface area (Å²) in [6.45, 7) is 0. The van der Waals surface area contributed by atoms with E-state index in [1.807, 2.05) is 158 Å². The van der Waals surface area contributed by atoms with Gasteiger partial charge in [-0.3, -0.25) is 9.97 Å². The van der Waals surface area contributed by atoms with E-state index in [2.05, 4.69) is 91.1 Å². The largest absolute Gasteiger partial charge is 2.00 e. The summed E-state index contributed by atoms with van der Waals surface area (Å²) in [6.07, 6.45) is 3.60. The first-order valence-corrected chi connectivity index (χ1v) is 23.5. The monoisotopic (exact) mass is 1310 g/mol. The predicted octanol–water partition coefficient (Wildman–Crippen LogP) is 14.3. The first-order chi connectivity index (χ1) is 35.7. The van der Waals surface area contributed by atoms with E-state index in [1.54, 1.807) is 12.4 Å². The van der Waals surface area contributed by atoms with Gasteiger partial charge in [-0.15, -0.1) is 71.8 Å². The van der Waals surface area contributed by atoms with Crippen molar-refractivity contribution in [3.63, 3.8) is 0 Å². The molecular weight excluding hydrogens is 1280 g/mol. The Bertz CT molecular complexity index is 4060. The molecule has 0 fully saturated rings. The van der Waals surface area contributed by atoms with Crippen LogP contribution in [0.2, 0.25) is 0 Å². The molecule has 14 aromatic rings. The molecule has 0 radical (unpaired) electrons. The fourth-order valence-electron chi connectivity index (χ4n) is 9.75. The molecular formula is C62H36N8O2Pt2. The number of hydrogen-bond donors (Lipinski definition) is 0. The third-order valence-electron chi connectivity index (χ3n) is 12.8. The first kappa shape index (κ1) is 46.4. The van der Waals surface area contributed by atoms with E-state index in [9.17, 15) is 0 Å². The Labute approximate surface area is 453 Å². The van der Waals surface area contributed by atoms with Crippen LogP contribution in [-0.2, 0) is 42.1 Å². The second kappa shape index (κ2) is 19.4. The maximum atomic E-state index is 6.66. The molecule has 0 saturated heterocycles. The number of fused-ring (bicyclic) bond motifs is 7. The summed E-state index contributed by atoms with van der Waals surface area (Å²) in [7, 11) is 0. The van der Waals surface area contributed by atoms with Crippen LogP contribution in [0, 0.1) is 24.3 Å². The van der Waals surface area contributed by atoms with Gasteiger partial charge in [-0.2, -0.15) is 12.1 Å². The summed E-state index contributed by atoms with van der Waals surface area (Å²) in [4.78, 5) is 19.9. The molecule has 0 spiro atoms. The molecule has 12 heteroatoms. The van der Waals surface area contributed by atoms with Gasteiger partial charge in [0.15, 0.2) is 0 Å². The summed E-state index contributed by atoms with van der Waals surface area (Å²) in [6, 6.07) is 82.7. The standard InChI is InChI=1S/C62H36N8O2.2Pt/c1-3-19-43(20-4-1)67-53-27-9-7-25-51(53)65-61(67)41-17-15-23-45(37-41)71-47-31-33-49-55(39-47)69(57-29-11-13-35-63-57)60-50-34-32-48(40-56(50)70(59(49)60)58-30-12-14-36-64-58)72-46-24-16-18-42(38-46)62-66-52-26-8-10-28-54(52)68(62)44-21-5-2-6-22-44;;/h1-36H;;/q-4;2*+2. The summed E-state index contributed by atoms with van der Waals surface area (Å²) in [5, 5.41) is 1.83. The second-order valence-electron chi connectivity index (χ2n) is 17.2. The van der Waals surface area contributed by atoms with Crippen molar-refractivity contribution in [3.8, 4) is 68.8 Å². The summed E-state index contributed by atoms with van der Waals surface area (Å²) >= 11 is 0. The molecule has 0 saturated carbocycles. The third-order valence-corrected chi connectivity index (χ3v) is 12.8. The Hall–Kier alpha value is -8.68. The Morgan fingerprint density at radius 2 is 0.743 bits per heavy atom. The maximum Gasteiger partial charge on any atom is 2.00 e. The molecule has 0 unspecified atom stereocenters. The van der Waals surface area contributed by atoms with Crippen LogP contribution < -0.4 is 9.47 Å². The molecule has 10 nitrogen and oxygen atoms in total. The average Bonchev–Trinajstić information content (AvgIpc) is 4.23. The zero-order chi connectivity index (χ0) is 47.5. The van der Waals surface area contributed by atoms with Crippen LogP contribution in [0.15, 0.2) is 219 Å². The number of rotatable bonds is 10. The number of hydrogen-bond acceptors (Lipinski definition) is 6. The van der Waals surface area contributed by atoms with Gasteiger partial charge in [0.2, 0.25) is 0 Å². The summed E-state index contributed by atoms with van der Waals surface area (Å²) in [5.41, 5.74) is 10.8. The van der Waals surface area contributed by atoms with E-state index >= 15 is 0 Å². The molecule has 8 aromatic carbocycles. The van der Waals surface area contributed by atoms with Gasteiger partial charge in [-0.05, 0) is 72.8 Å². The van der Waals surface area contributed by atoms with Gasteiger partial charge in [0, 0.05) is 57.8 Å². The number of aromatic nitrogens is 8. The normalized spacial score (nSPS) is 11.3. The van der Waals surface area contributed by atoms with Crippen molar-refractivity contribution >= 4 is 54.9 Å². The number of pyridine rings is 2. The van der Waals surface area contributed by atoms with Crippen molar-refractivity contribution in [2.45, 2.75) is 0 Å². The minimum Gasteiger partial charge on any atom is -0.503 e. The molecule has 6 heterocycles. The molecule has 0 bridgehead atoms. The van der Waals surface area contributed by atoms with E-state index < -0.39 is 0 Å². The van der Waals surface area contributed by atoms with Gasteiger partial charge in [0.25, 0.3) is 0 Å². The zero-order valence-corrected chi connectivity index (χ0v) is 43.4. The van der Waals surface area contributed by atoms with E-state index in [4.69, 9.17) is 29.4 Å². The molecule has 0 atom stereocenters. The Morgan fingerprint density at radius 3 is 1.18 bits per heavy atom. The van der Waals surface area contributed by atoms with Crippen LogP contribution in [-0.4, -0.2) is 38.2 Å². The molecule has 0 aliphatic rings. The van der Waals surface area contributed by atoms with Crippen molar-refractivity contribution in [1.29, 1.82) is 0 Å². The Kier molecular flexibility index (Phi) is 12.2. The fourth-order valence-corrected chi connectivity index (χ4v) is 9.75. The van der Waals surface area contributed by atoms with Gasteiger partial charge in [0.1, 0.15) is 11.6 Å². The number of imidazole rings is 2. The Balaban J connectivity index is 0.00000278. The van der Waals surface area contributed by atoms with E-state index in [1.165, 1.54) is 0 Å². The average molecular weight is 1320 g/mol. The first-order valence-electron chi connectivity index (χ1n) is 23.5. The zero-order valence-electron chi connectivity index (χ0n) is 38.8. The summed E-state index contributed by atoms with van der Waals surface area (Å²) < 4.78 is 21.9. The van der Waals surface area contributed by atoms with Gasteiger partial charge in [-0.1, -0.05) is 107 Å². The van der Waals surface area contributed by atoms with Crippen molar-refractivity contribution in [3.05, 3.63) is 243 Å². The maximum absolute atomic E-state index is 6.66. The van der Waals surface area contributed by atoms with E-state index in [-0.39, 0.29) is 42.1 Å². The van der Waals surface area contributed by atoms with Gasteiger partial charge in [0.05, 0.1) is 33.7 Å². The number of ether oxygens (including phenoxy) is 2. The minimum atomic E-state index is 0. The van der Waals surface area contributed by atoms with Crippen molar-refractivity contribution in [2.75, 3.05) is 0 Å². The molecule has 0 aliphatic carbocycles. The van der Waals surface area contributed by atoms with Crippen molar-refractivity contribution in [2.24, 2.45) is 0 Å². The topological polar surface area (TPSA) is 89.7 Å². The van der Waals surface area contributed by atoms with Crippen LogP contribution in [0.5, 0.6) is 23.0 Å². The molecule has 0 aliphatic heterocycles. The number of para-hydroxylation sites is 6. The van der Waals surface area contributed by atoms with Crippen molar-refractivity contribution < 1.29 is 51.6 Å². The molecule has 14 rings (SSSR count). The molecule has 0 amide bonds. The predicted molar refractivity (Wildman–Crippen MR) is 282 cm³/mol. The fraction of sp³-hybridized carbons (Fsp3) is 0. The Morgan fingerprint density at radius 1 is 0.338 bits per heavy atom. The van der Waals surface area contributed by atoms with Crippen molar-refractivity contribution in [1.82, 2.24) is 38.2 Å². The molecule has 356 valence electrons. The number of nitrogens with zero attached hydrogens (tertiary/aromatic N) is 8. The summed E-state index contributed by atoms with van der Waals surface area (Å²) in [5.74, 6) is 5.03. The second-order valence-corrected chi connectivity index (χ2v) is 17.2. The SMILES string of the molecule is [Pt+2].[Pt+2].[c-]1c(Oc2[c-]c3c(cc2)c2c(c4ccc(Oc5[c-]c(-c6nc7ccccc7n6-c6ccccc6)ccc5)[c-]c4n2-c2ccccn2)n3-c2ccccn2)cccc1-c1nc2ccccc2n1-c1ccccc1. The van der Waals surface area contributed by atoms with E-state index in [0.29, 0.717) is 34.6 Å². The van der Waals surface area contributed by atoms with Gasteiger partial charge >= 0.3 is 42.1 Å². The van der Waals surface area contributed by atoms with Crippen LogP contribution in [0.3, 0.4) is 0 Å². The quantitative estimate of drug-likeness (QED) is 0.127. The van der Waals surface area contributed by atoms with Crippen LogP contribution in [0.4, 0.5) is 0 Å². The van der Waals surface area contributed by atoms with E-state index in [0.717, 1.165) is 89.1 Å². The van der Waals surface area contributed by atoms with Gasteiger partial charge < -0.3 is 27.7 Å². The van der Waals surface area contributed by atoms with Gasteiger partial charge in [-0.25, -0.2) is 9.97 Å². The molecule has 0 N–H and O–H groups in total. The molecule has 6 aromatic heterocycles. The van der Waals surface area contributed by atoms with Crippen LogP contribution in [0.1, 0.15) is 0 Å². The minimum absolute atomic E-state index is 0.